The minimum atomic E-state index is -0.118. The molecule has 0 bridgehead atoms. The van der Waals surface area contributed by atoms with Crippen LogP contribution in [-0.4, -0.2) is 19.5 Å². The van der Waals surface area contributed by atoms with E-state index in [1.54, 1.807) is 28.2 Å². The highest BCUT2D eigenvalue weighted by Crippen LogP contribution is 2.28. The van der Waals surface area contributed by atoms with Gasteiger partial charge in [0, 0.05) is 22.9 Å². The number of pyridine rings is 1. The van der Waals surface area contributed by atoms with Crippen LogP contribution in [0.25, 0.3) is 27.3 Å². The predicted molar refractivity (Wildman–Crippen MR) is 132 cm³/mol. The van der Waals surface area contributed by atoms with Gasteiger partial charge in [-0.1, -0.05) is 59.8 Å². The van der Waals surface area contributed by atoms with E-state index in [1.165, 1.54) is 17.3 Å². The number of aromatic nitrogens is 4. The van der Waals surface area contributed by atoms with Crippen molar-refractivity contribution in [3.63, 3.8) is 0 Å². The molecular formula is C25H20N4OS2. The summed E-state index contributed by atoms with van der Waals surface area (Å²) in [5.41, 5.74) is 4.90. The maximum Gasteiger partial charge on any atom is 0.267 e. The highest BCUT2D eigenvalue weighted by molar-refractivity contribution is 7.98. The van der Waals surface area contributed by atoms with Gasteiger partial charge in [-0.15, -0.1) is 11.3 Å². The van der Waals surface area contributed by atoms with Crippen molar-refractivity contribution in [2.45, 2.75) is 24.8 Å². The maximum absolute atomic E-state index is 13.3. The van der Waals surface area contributed by atoms with Crippen molar-refractivity contribution in [1.29, 1.82) is 0 Å². The van der Waals surface area contributed by atoms with Gasteiger partial charge in [-0.05, 0) is 37.6 Å². The molecule has 0 saturated heterocycles. The van der Waals surface area contributed by atoms with Gasteiger partial charge >= 0.3 is 0 Å². The second-order valence-corrected chi connectivity index (χ2v) is 9.35. The summed E-state index contributed by atoms with van der Waals surface area (Å²) in [6, 6.07) is 19.6. The molecule has 0 aliphatic rings. The molecule has 5 nitrogen and oxygen atoms in total. The second-order valence-electron chi connectivity index (χ2n) is 7.54. The summed E-state index contributed by atoms with van der Waals surface area (Å²) in [5, 5.41) is 4.24. The largest absolute Gasteiger partial charge is 0.268 e. The second kappa shape index (κ2) is 8.68. The Morgan fingerprint density at radius 3 is 2.50 bits per heavy atom. The van der Waals surface area contributed by atoms with Crippen molar-refractivity contribution in [3.05, 3.63) is 99.4 Å². The zero-order chi connectivity index (χ0) is 22.1. The van der Waals surface area contributed by atoms with Gasteiger partial charge in [0.2, 0.25) is 0 Å². The Kier molecular flexibility index (Phi) is 5.59. The van der Waals surface area contributed by atoms with E-state index in [2.05, 4.69) is 41.6 Å². The molecule has 0 fully saturated rings. The molecule has 0 aliphatic carbocycles. The van der Waals surface area contributed by atoms with Gasteiger partial charge in [0.15, 0.2) is 5.16 Å². The number of hydrogen-bond acceptors (Lipinski definition) is 6. The van der Waals surface area contributed by atoms with Crippen molar-refractivity contribution in [2.24, 2.45) is 0 Å². The number of thioether (sulfide) groups is 1. The minimum absolute atomic E-state index is 0.118. The van der Waals surface area contributed by atoms with E-state index in [-0.39, 0.29) is 5.56 Å². The highest BCUT2D eigenvalue weighted by Gasteiger charge is 2.15. The molecule has 0 amide bonds. The third kappa shape index (κ3) is 4.09. The van der Waals surface area contributed by atoms with E-state index in [0.29, 0.717) is 27.6 Å². The Balaban J connectivity index is 1.50. The Hall–Kier alpha value is -3.29. The van der Waals surface area contributed by atoms with Crippen LogP contribution >= 0.6 is 23.1 Å². The topological polar surface area (TPSA) is 60.7 Å². The zero-order valence-electron chi connectivity index (χ0n) is 17.6. The summed E-state index contributed by atoms with van der Waals surface area (Å²) in [7, 11) is 0. The van der Waals surface area contributed by atoms with Gasteiger partial charge in [-0.25, -0.2) is 19.5 Å². The first kappa shape index (κ1) is 20.6. The molecular weight excluding hydrogens is 436 g/mol. The van der Waals surface area contributed by atoms with Crippen LogP contribution in [0.5, 0.6) is 0 Å². The van der Waals surface area contributed by atoms with Crippen molar-refractivity contribution < 1.29 is 0 Å². The lowest BCUT2D eigenvalue weighted by Crippen LogP contribution is -2.22. The molecule has 5 aromatic rings. The lowest BCUT2D eigenvalue weighted by Gasteiger charge is -2.12. The molecule has 32 heavy (non-hydrogen) atoms. The fraction of sp³-hybridized carbons (Fsp3) is 0.120. The van der Waals surface area contributed by atoms with E-state index < -0.39 is 0 Å². The average Bonchev–Trinajstić information content (AvgIpc) is 3.28. The van der Waals surface area contributed by atoms with E-state index in [9.17, 15) is 4.79 Å². The van der Waals surface area contributed by atoms with Crippen LogP contribution in [0.1, 0.15) is 16.8 Å². The fourth-order valence-corrected chi connectivity index (χ4v) is 5.17. The summed E-state index contributed by atoms with van der Waals surface area (Å²) < 4.78 is 1.60. The Morgan fingerprint density at radius 2 is 1.72 bits per heavy atom. The third-order valence-corrected chi connectivity index (χ3v) is 6.98. The normalized spacial score (nSPS) is 11.2. The van der Waals surface area contributed by atoms with Gasteiger partial charge in [-0.3, -0.25) is 4.79 Å². The van der Waals surface area contributed by atoms with Gasteiger partial charge in [0.25, 0.3) is 5.56 Å². The molecule has 0 aliphatic heterocycles. The lowest BCUT2D eigenvalue weighted by molar-refractivity contribution is 0.794. The molecule has 2 aromatic carbocycles. The lowest BCUT2D eigenvalue weighted by atomic mass is 10.2. The van der Waals surface area contributed by atoms with E-state index in [1.807, 2.05) is 37.3 Å². The standard InChI is InChI=1S/C25H20N4OS2/c1-16-7-10-18(11-8-16)23-27-19(14-31-23)15-32-25-28-21-6-4-3-5-20(21)24(30)29(25)22-12-9-17(2)13-26-22/h3-14H,15H2,1-2H3. The van der Waals surface area contributed by atoms with Crippen LogP contribution in [0, 0.1) is 13.8 Å². The molecule has 158 valence electrons. The van der Waals surface area contributed by atoms with Crippen molar-refractivity contribution in [3.8, 4) is 16.4 Å². The summed E-state index contributed by atoms with van der Waals surface area (Å²) in [6.45, 7) is 4.05. The van der Waals surface area contributed by atoms with Crippen LogP contribution in [0.4, 0.5) is 0 Å². The summed E-state index contributed by atoms with van der Waals surface area (Å²) >= 11 is 3.12. The third-order valence-electron chi connectivity index (χ3n) is 5.07. The molecule has 7 heteroatoms. The Labute approximate surface area is 193 Å². The number of hydrogen-bond donors (Lipinski definition) is 0. The van der Waals surface area contributed by atoms with E-state index >= 15 is 0 Å². The van der Waals surface area contributed by atoms with E-state index in [4.69, 9.17) is 9.97 Å². The first-order valence-electron chi connectivity index (χ1n) is 10.2. The minimum Gasteiger partial charge on any atom is -0.268 e. The molecule has 0 spiro atoms. The maximum atomic E-state index is 13.3. The first-order chi connectivity index (χ1) is 15.6. The fourth-order valence-electron chi connectivity index (χ4n) is 3.34. The van der Waals surface area contributed by atoms with Crippen LogP contribution in [0.2, 0.25) is 0 Å². The monoisotopic (exact) mass is 456 g/mol. The molecule has 0 saturated carbocycles. The molecule has 0 N–H and O–H groups in total. The van der Waals surface area contributed by atoms with Gasteiger partial charge in [-0.2, -0.15) is 0 Å². The predicted octanol–water partition coefficient (Wildman–Crippen LogP) is 5.81. The van der Waals surface area contributed by atoms with Crippen molar-refractivity contribution in [1.82, 2.24) is 19.5 Å². The number of para-hydroxylation sites is 1. The molecule has 0 radical (unpaired) electrons. The quantitative estimate of drug-likeness (QED) is 0.247. The average molecular weight is 457 g/mol. The summed E-state index contributed by atoms with van der Waals surface area (Å²) in [6.07, 6.45) is 1.76. The number of rotatable bonds is 5. The Morgan fingerprint density at radius 1 is 0.938 bits per heavy atom. The van der Waals surface area contributed by atoms with Gasteiger partial charge in [0.05, 0.1) is 16.6 Å². The molecule has 0 atom stereocenters. The Bertz CT molecular complexity index is 1450. The summed E-state index contributed by atoms with van der Waals surface area (Å²) in [4.78, 5) is 27.4. The first-order valence-corrected chi connectivity index (χ1v) is 12.0. The molecule has 3 heterocycles. The zero-order valence-corrected chi connectivity index (χ0v) is 19.3. The van der Waals surface area contributed by atoms with Gasteiger partial charge < -0.3 is 0 Å². The smallest absolute Gasteiger partial charge is 0.267 e. The van der Waals surface area contributed by atoms with Crippen LogP contribution in [-0.2, 0) is 5.75 Å². The van der Waals surface area contributed by atoms with Crippen LogP contribution in [0.15, 0.2) is 82.2 Å². The van der Waals surface area contributed by atoms with Gasteiger partial charge in [0.1, 0.15) is 10.8 Å². The van der Waals surface area contributed by atoms with Crippen molar-refractivity contribution >= 4 is 34.0 Å². The number of benzene rings is 2. The highest BCUT2D eigenvalue weighted by atomic mass is 32.2. The number of fused-ring (bicyclic) bond motifs is 1. The number of nitrogens with zero attached hydrogens (tertiary/aromatic N) is 4. The molecule has 3 aromatic heterocycles. The van der Waals surface area contributed by atoms with Crippen LogP contribution in [0.3, 0.4) is 0 Å². The SMILES string of the molecule is Cc1ccc(-c2nc(CSc3nc4ccccc4c(=O)n3-c3ccc(C)cn3)cs2)cc1. The van der Waals surface area contributed by atoms with E-state index in [0.717, 1.165) is 21.8 Å². The van der Waals surface area contributed by atoms with Crippen molar-refractivity contribution in [2.75, 3.05) is 0 Å². The molecule has 5 rings (SSSR count). The number of aryl methyl sites for hydroxylation is 2. The summed E-state index contributed by atoms with van der Waals surface area (Å²) in [5.74, 6) is 1.18. The number of thiazole rings is 1. The van der Waals surface area contributed by atoms with Crippen LogP contribution < -0.4 is 5.56 Å². The molecule has 0 unspecified atom stereocenters.